The van der Waals surface area contributed by atoms with Gasteiger partial charge in [-0.25, -0.2) is 8.42 Å². The zero-order valence-corrected chi connectivity index (χ0v) is 13.5. The summed E-state index contributed by atoms with van der Waals surface area (Å²) in [4.78, 5) is 1.10. The molecule has 1 aromatic carbocycles. The minimum absolute atomic E-state index is 0.119. The molecular weight excluding hydrogens is 308 g/mol. The van der Waals surface area contributed by atoms with Crippen LogP contribution in [0.15, 0.2) is 34.2 Å². The van der Waals surface area contributed by atoms with Gasteiger partial charge in [0, 0.05) is 4.90 Å². The van der Waals surface area contributed by atoms with Crippen LogP contribution in [0.3, 0.4) is 0 Å². The number of hydrogen-bond donors (Lipinski definition) is 3. The average molecular weight is 326 g/mol. The van der Waals surface area contributed by atoms with Gasteiger partial charge >= 0.3 is 0 Å². The molecule has 0 aliphatic carbocycles. The summed E-state index contributed by atoms with van der Waals surface area (Å²) in [5.74, 6) is 0.969. The number of nitrogen functional groups attached to an aromatic ring is 1. The molecule has 2 rings (SSSR count). The summed E-state index contributed by atoms with van der Waals surface area (Å²) < 4.78 is 27.2. The van der Waals surface area contributed by atoms with Gasteiger partial charge in [0.05, 0.1) is 23.3 Å². The number of hydrogen-bond acceptors (Lipinski definition) is 5. The number of rotatable bonds is 6. The molecule has 0 saturated carbocycles. The summed E-state index contributed by atoms with van der Waals surface area (Å²) in [6, 6.07) is 5.34. The van der Waals surface area contributed by atoms with Crippen LogP contribution in [0.25, 0.3) is 0 Å². The van der Waals surface area contributed by atoms with Crippen LogP contribution in [-0.4, -0.2) is 24.4 Å². The molecule has 4 N–H and O–H groups in total. The van der Waals surface area contributed by atoms with Gasteiger partial charge in [-0.05, 0) is 37.3 Å². The minimum atomic E-state index is -3.69. The topological polar surface area (TPSA) is 101 Å². The van der Waals surface area contributed by atoms with Crippen LogP contribution in [0.4, 0.5) is 11.4 Å². The van der Waals surface area contributed by atoms with E-state index in [1.165, 1.54) is 6.20 Å². The maximum atomic E-state index is 12.3. The molecule has 0 atom stereocenters. The van der Waals surface area contributed by atoms with Crippen LogP contribution in [-0.2, 0) is 10.0 Å². The van der Waals surface area contributed by atoms with E-state index in [1.807, 2.05) is 6.07 Å². The number of nitrogens with two attached hydrogens (primary N) is 1. The standard InChI is InChI=1S/C13H18N4O2S2/c1-3-6-20-10-4-5-11(14)12(7-10)17-21(18,19)13-8-15-16-9(13)2/h4-5,7-8,17H,3,6,14H2,1-2H3,(H,15,16). The Labute approximate surface area is 128 Å². The summed E-state index contributed by atoms with van der Waals surface area (Å²) in [5.41, 5.74) is 7.12. The molecule has 1 aromatic heterocycles. The number of H-pyrrole nitrogens is 1. The molecule has 21 heavy (non-hydrogen) atoms. The van der Waals surface area contributed by atoms with Crippen LogP contribution in [0.1, 0.15) is 19.0 Å². The highest BCUT2D eigenvalue weighted by atomic mass is 32.2. The van der Waals surface area contributed by atoms with E-state index in [1.54, 1.807) is 30.8 Å². The van der Waals surface area contributed by atoms with Crippen LogP contribution in [0.5, 0.6) is 0 Å². The smallest absolute Gasteiger partial charge is 0.265 e. The monoisotopic (exact) mass is 326 g/mol. The summed E-state index contributed by atoms with van der Waals surface area (Å²) in [6.45, 7) is 3.74. The largest absolute Gasteiger partial charge is 0.397 e. The Balaban J connectivity index is 2.28. The minimum Gasteiger partial charge on any atom is -0.397 e. The molecule has 0 fully saturated rings. The Morgan fingerprint density at radius 3 is 2.81 bits per heavy atom. The normalized spacial score (nSPS) is 11.5. The lowest BCUT2D eigenvalue weighted by atomic mass is 10.3. The quantitative estimate of drug-likeness (QED) is 0.559. The molecule has 0 amide bonds. The van der Waals surface area contributed by atoms with E-state index >= 15 is 0 Å². The molecular formula is C13H18N4O2S2. The molecule has 2 aromatic rings. The number of nitrogens with zero attached hydrogens (tertiary/aromatic N) is 1. The number of aromatic nitrogens is 2. The van der Waals surface area contributed by atoms with Crippen molar-refractivity contribution in [2.45, 2.75) is 30.1 Å². The predicted octanol–water partition coefficient (Wildman–Crippen LogP) is 2.60. The van der Waals surface area contributed by atoms with Crippen LogP contribution < -0.4 is 10.5 Å². The molecule has 0 aliphatic heterocycles. The van der Waals surface area contributed by atoms with Gasteiger partial charge in [-0.1, -0.05) is 6.92 Å². The summed E-state index contributed by atoms with van der Waals surface area (Å²) in [6.07, 6.45) is 2.33. The molecule has 0 spiro atoms. The summed E-state index contributed by atoms with van der Waals surface area (Å²) >= 11 is 1.66. The number of aryl methyl sites for hydroxylation is 1. The van der Waals surface area contributed by atoms with Gasteiger partial charge in [-0.2, -0.15) is 5.10 Å². The highest BCUT2D eigenvalue weighted by Crippen LogP contribution is 2.29. The Kier molecular flexibility index (Phi) is 4.79. The van der Waals surface area contributed by atoms with Crippen molar-refractivity contribution in [2.75, 3.05) is 16.2 Å². The van der Waals surface area contributed by atoms with Gasteiger partial charge in [-0.3, -0.25) is 9.82 Å². The third-order valence-corrected chi connectivity index (χ3v) is 5.49. The second-order valence-corrected chi connectivity index (χ2v) is 7.38. The number of thioether (sulfide) groups is 1. The van der Waals surface area contributed by atoms with Crippen molar-refractivity contribution in [3.8, 4) is 0 Å². The summed E-state index contributed by atoms with van der Waals surface area (Å²) in [5, 5.41) is 6.34. The van der Waals surface area contributed by atoms with Gasteiger partial charge in [0.1, 0.15) is 4.90 Å². The third-order valence-electron chi connectivity index (χ3n) is 2.82. The Morgan fingerprint density at radius 1 is 1.43 bits per heavy atom. The first kappa shape index (κ1) is 15.7. The van der Waals surface area contributed by atoms with Crippen LogP contribution >= 0.6 is 11.8 Å². The first-order valence-corrected chi connectivity index (χ1v) is 8.96. The van der Waals surface area contributed by atoms with Crippen LogP contribution in [0.2, 0.25) is 0 Å². The fourth-order valence-electron chi connectivity index (χ4n) is 1.74. The average Bonchev–Trinajstić information content (AvgIpc) is 2.86. The number of sulfonamides is 1. The first-order chi connectivity index (χ1) is 9.94. The van der Waals surface area contributed by atoms with Gasteiger partial charge in [0.15, 0.2) is 0 Å². The van der Waals surface area contributed by atoms with E-state index in [4.69, 9.17) is 5.73 Å². The SMILES string of the molecule is CCCSc1ccc(N)c(NS(=O)(=O)c2cn[nH]c2C)c1. The highest BCUT2D eigenvalue weighted by molar-refractivity contribution is 7.99. The molecule has 0 bridgehead atoms. The Morgan fingerprint density at radius 2 is 2.19 bits per heavy atom. The Bertz CT molecular complexity index is 726. The molecule has 0 unspecified atom stereocenters. The summed E-state index contributed by atoms with van der Waals surface area (Å²) in [7, 11) is -3.69. The molecule has 0 saturated heterocycles. The van der Waals surface area contributed by atoms with Gasteiger partial charge in [0.25, 0.3) is 10.0 Å². The lowest BCUT2D eigenvalue weighted by Gasteiger charge is -2.11. The molecule has 8 heteroatoms. The van der Waals surface area contributed by atoms with Gasteiger partial charge in [0.2, 0.25) is 0 Å². The molecule has 114 valence electrons. The second kappa shape index (κ2) is 6.40. The fourth-order valence-corrected chi connectivity index (χ4v) is 3.77. The lowest BCUT2D eigenvalue weighted by molar-refractivity contribution is 0.600. The van der Waals surface area contributed by atoms with E-state index < -0.39 is 10.0 Å². The van der Waals surface area contributed by atoms with E-state index in [0.29, 0.717) is 17.1 Å². The fraction of sp³-hybridized carbons (Fsp3) is 0.308. The molecule has 0 aliphatic rings. The van der Waals surface area contributed by atoms with E-state index in [2.05, 4.69) is 21.8 Å². The van der Waals surface area contributed by atoms with E-state index in [-0.39, 0.29) is 4.90 Å². The second-order valence-electron chi connectivity index (χ2n) is 4.56. The van der Waals surface area contributed by atoms with Crippen molar-refractivity contribution in [1.29, 1.82) is 0 Å². The predicted molar refractivity (Wildman–Crippen MR) is 86.0 cm³/mol. The molecule has 6 nitrogen and oxygen atoms in total. The van der Waals surface area contributed by atoms with E-state index in [9.17, 15) is 8.42 Å². The molecule has 1 heterocycles. The van der Waals surface area contributed by atoms with Crippen molar-refractivity contribution in [3.05, 3.63) is 30.1 Å². The Hall–Kier alpha value is -1.67. The zero-order chi connectivity index (χ0) is 15.5. The van der Waals surface area contributed by atoms with Crippen molar-refractivity contribution in [2.24, 2.45) is 0 Å². The zero-order valence-electron chi connectivity index (χ0n) is 11.9. The van der Waals surface area contributed by atoms with Crippen molar-refractivity contribution in [3.63, 3.8) is 0 Å². The van der Waals surface area contributed by atoms with Gasteiger partial charge < -0.3 is 5.73 Å². The van der Waals surface area contributed by atoms with Gasteiger partial charge in [-0.15, -0.1) is 11.8 Å². The maximum absolute atomic E-state index is 12.3. The molecule has 0 radical (unpaired) electrons. The van der Waals surface area contributed by atoms with Crippen molar-refractivity contribution in [1.82, 2.24) is 10.2 Å². The number of nitrogens with one attached hydrogen (secondary N) is 2. The van der Waals surface area contributed by atoms with E-state index in [0.717, 1.165) is 17.1 Å². The van der Waals surface area contributed by atoms with Crippen molar-refractivity contribution < 1.29 is 8.42 Å². The first-order valence-electron chi connectivity index (χ1n) is 6.49. The number of benzene rings is 1. The lowest BCUT2D eigenvalue weighted by Crippen LogP contribution is -2.14. The van der Waals surface area contributed by atoms with Crippen molar-refractivity contribution >= 4 is 33.2 Å². The maximum Gasteiger partial charge on any atom is 0.265 e. The van der Waals surface area contributed by atoms with Crippen LogP contribution in [0, 0.1) is 6.92 Å². The third kappa shape index (κ3) is 3.70. The number of aromatic amines is 1. The number of anilines is 2. The highest BCUT2D eigenvalue weighted by Gasteiger charge is 2.19.